The van der Waals surface area contributed by atoms with Crippen LogP contribution in [0.2, 0.25) is 0 Å². The van der Waals surface area contributed by atoms with Crippen molar-refractivity contribution in [3.63, 3.8) is 0 Å². The summed E-state index contributed by atoms with van der Waals surface area (Å²) in [6.45, 7) is 0.370. The van der Waals surface area contributed by atoms with Crippen LogP contribution in [0, 0.1) is 0 Å². The Morgan fingerprint density at radius 1 is 0.947 bits per heavy atom. The number of hydrogen-bond donors (Lipinski definition) is 1. The Balaban J connectivity index is 1.90. The van der Waals surface area contributed by atoms with Gasteiger partial charge in [-0.05, 0) is 29.8 Å². The van der Waals surface area contributed by atoms with Gasteiger partial charge in [0.25, 0.3) is 0 Å². The van der Waals surface area contributed by atoms with Gasteiger partial charge in [-0.25, -0.2) is 0 Å². The van der Waals surface area contributed by atoms with Gasteiger partial charge >= 0.3 is 5.97 Å². The molecule has 0 amide bonds. The van der Waals surface area contributed by atoms with E-state index in [0.29, 0.717) is 12.4 Å². The van der Waals surface area contributed by atoms with Crippen molar-refractivity contribution < 1.29 is 14.3 Å². The van der Waals surface area contributed by atoms with Crippen LogP contribution < -0.4 is 15.2 Å². The molecule has 0 aliphatic rings. The first-order valence-electron chi connectivity index (χ1n) is 5.95. The lowest BCUT2D eigenvalue weighted by Gasteiger charge is -2.07. The number of rotatable bonds is 5. The summed E-state index contributed by atoms with van der Waals surface area (Å²) in [6.07, 6.45) is 0. The molecular weight excluding hydrogens is 242 g/mol. The molecule has 2 N–H and O–H groups in total. The standard InChI is InChI=1S/C15H15NO3/c16-10-15(17)19-14-8-6-13(7-9-14)18-11-12-4-2-1-3-5-12/h1-9H,10-11,16H2. The topological polar surface area (TPSA) is 61.6 Å². The molecule has 4 nitrogen and oxygen atoms in total. The molecule has 0 aliphatic carbocycles. The van der Waals surface area contributed by atoms with Gasteiger partial charge in [-0.15, -0.1) is 0 Å². The first-order valence-corrected chi connectivity index (χ1v) is 5.95. The number of carbonyl (C=O) groups excluding carboxylic acids is 1. The Morgan fingerprint density at radius 3 is 2.21 bits per heavy atom. The molecular formula is C15H15NO3. The van der Waals surface area contributed by atoms with Gasteiger partial charge < -0.3 is 15.2 Å². The first kappa shape index (κ1) is 13.1. The SMILES string of the molecule is NCC(=O)Oc1ccc(OCc2ccccc2)cc1. The summed E-state index contributed by atoms with van der Waals surface area (Å²) in [5.41, 5.74) is 6.26. The van der Waals surface area contributed by atoms with E-state index < -0.39 is 5.97 Å². The summed E-state index contributed by atoms with van der Waals surface area (Å²) >= 11 is 0. The molecule has 0 radical (unpaired) electrons. The molecule has 0 atom stereocenters. The lowest BCUT2D eigenvalue weighted by atomic mass is 10.2. The molecule has 0 saturated carbocycles. The second kappa shape index (κ2) is 6.56. The van der Waals surface area contributed by atoms with E-state index in [1.54, 1.807) is 24.3 Å². The van der Waals surface area contributed by atoms with E-state index in [4.69, 9.17) is 15.2 Å². The fourth-order valence-electron chi connectivity index (χ4n) is 1.52. The maximum Gasteiger partial charge on any atom is 0.325 e. The molecule has 0 saturated heterocycles. The van der Waals surface area contributed by atoms with Crippen molar-refractivity contribution in [3.8, 4) is 11.5 Å². The predicted octanol–water partition coefficient (Wildman–Crippen LogP) is 2.13. The number of benzene rings is 2. The number of esters is 1. The van der Waals surface area contributed by atoms with E-state index in [0.717, 1.165) is 11.3 Å². The Labute approximate surface area is 111 Å². The number of ether oxygens (including phenoxy) is 2. The van der Waals surface area contributed by atoms with Crippen LogP contribution in [0.15, 0.2) is 54.6 Å². The van der Waals surface area contributed by atoms with E-state index >= 15 is 0 Å². The van der Waals surface area contributed by atoms with Crippen LogP contribution in [0.5, 0.6) is 11.5 Å². The third-order valence-electron chi connectivity index (χ3n) is 2.47. The zero-order valence-corrected chi connectivity index (χ0v) is 10.4. The molecule has 4 heteroatoms. The zero-order chi connectivity index (χ0) is 13.5. The predicted molar refractivity (Wildman–Crippen MR) is 71.9 cm³/mol. The molecule has 0 aromatic heterocycles. The van der Waals surface area contributed by atoms with Gasteiger partial charge in [0, 0.05) is 0 Å². The van der Waals surface area contributed by atoms with Crippen molar-refractivity contribution >= 4 is 5.97 Å². The number of carbonyl (C=O) groups is 1. The van der Waals surface area contributed by atoms with Gasteiger partial charge in [-0.1, -0.05) is 30.3 Å². The molecule has 0 unspecified atom stereocenters. The second-order valence-electron chi connectivity index (χ2n) is 3.92. The lowest BCUT2D eigenvalue weighted by Crippen LogP contribution is -2.19. The third kappa shape index (κ3) is 4.12. The Bertz CT molecular complexity index is 523. The van der Waals surface area contributed by atoms with Gasteiger partial charge in [0.2, 0.25) is 0 Å². The van der Waals surface area contributed by atoms with Gasteiger partial charge in [0.05, 0.1) is 6.54 Å². The van der Waals surface area contributed by atoms with Crippen LogP contribution in [-0.4, -0.2) is 12.5 Å². The molecule has 2 aromatic rings. The first-order chi connectivity index (χ1) is 9.28. The number of hydrogen-bond acceptors (Lipinski definition) is 4. The van der Waals surface area contributed by atoms with Crippen LogP contribution in [0.3, 0.4) is 0 Å². The summed E-state index contributed by atoms with van der Waals surface area (Å²) < 4.78 is 10.6. The van der Waals surface area contributed by atoms with Crippen molar-refractivity contribution in [2.24, 2.45) is 5.73 Å². The van der Waals surface area contributed by atoms with E-state index in [1.165, 1.54) is 0 Å². The molecule has 0 fully saturated rings. The minimum Gasteiger partial charge on any atom is -0.489 e. The quantitative estimate of drug-likeness (QED) is 0.658. The fraction of sp³-hybridized carbons (Fsp3) is 0.133. The molecule has 0 aliphatic heterocycles. The second-order valence-corrected chi connectivity index (χ2v) is 3.92. The van der Waals surface area contributed by atoms with Gasteiger partial charge in [-0.2, -0.15) is 0 Å². The average molecular weight is 257 g/mol. The fourth-order valence-corrected chi connectivity index (χ4v) is 1.52. The normalized spacial score (nSPS) is 9.95. The molecule has 0 bridgehead atoms. The minimum atomic E-state index is -0.460. The van der Waals surface area contributed by atoms with Crippen LogP contribution in [-0.2, 0) is 11.4 Å². The van der Waals surface area contributed by atoms with Gasteiger partial charge in [0.1, 0.15) is 18.1 Å². The monoisotopic (exact) mass is 257 g/mol. The van der Waals surface area contributed by atoms with Crippen LogP contribution in [0.4, 0.5) is 0 Å². The highest BCUT2D eigenvalue weighted by Gasteiger charge is 2.02. The summed E-state index contributed by atoms with van der Waals surface area (Å²) in [4.78, 5) is 11.0. The van der Waals surface area contributed by atoms with Crippen molar-refractivity contribution in [2.75, 3.05) is 6.54 Å². The maximum absolute atomic E-state index is 11.0. The minimum absolute atomic E-state index is 0.133. The highest BCUT2D eigenvalue weighted by molar-refractivity contribution is 5.74. The smallest absolute Gasteiger partial charge is 0.325 e. The molecule has 2 aromatic carbocycles. The summed E-state index contributed by atoms with van der Waals surface area (Å²) in [6, 6.07) is 16.7. The summed E-state index contributed by atoms with van der Waals surface area (Å²) in [5, 5.41) is 0. The van der Waals surface area contributed by atoms with Crippen LogP contribution in [0.1, 0.15) is 5.56 Å². The molecule has 0 spiro atoms. The highest BCUT2D eigenvalue weighted by Crippen LogP contribution is 2.18. The summed E-state index contributed by atoms with van der Waals surface area (Å²) in [5.74, 6) is 0.719. The van der Waals surface area contributed by atoms with Crippen molar-refractivity contribution in [1.29, 1.82) is 0 Å². The average Bonchev–Trinajstić information content (AvgIpc) is 2.47. The largest absolute Gasteiger partial charge is 0.489 e. The van der Waals surface area contributed by atoms with Crippen LogP contribution >= 0.6 is 0 Å². The summed E-state index contributed by atoms with van der Waals surface area (Å²) in [7, 11) is 0. The van der Waals surface area contributed by atoms with Crippen LogP contribution in [0.25, 0.3) is 0 Å². The maximum atomic E-state index is 11.0. The molecule has 2 rings (SSSR count). The van der Waals surface area contributed by atoms with E-state index in [2.05, 4.69) is 0 Å². The van der Waals surface area contributed by atoms with E-state index in [-0.39, 0.29) is 6.54 Å². The van der Waals surface area contributed by atoms with Gasteiger partial charge in [-0.3, -0.25) is 4.79 Å². The zero-order valence-electron chi connectivity index (χ0n) is 10.4. The van der Waals surface area contributed by atoms with Crippen molar-refractivity contribution in [1.82, 2.24) is 0 Å². The van der Waals surface area contributed by atoms with Crippen molar-refractivity contribution in [3.05, 3.63) is 60.2 Å². The molecule has 19 heavy (non-hydrogen) atoms. The van der Waals surface area contributed by atoms with E-state index in [9.17, 15) is 4.79 Å². The third-order valence-corrected chi connectivity index (χ3v) is 2.47. The van der Waals surface area contributed by atoms with Crippen molar-refractivity contribution in [2.45, 2.75) is 6.61 Å². The Hall–Kier alpha value is -2.33. The lowest BCUT2D eigenvalue weighted by molar-refractivity contribution is -0.132. The molecule has 0 heterocycles. The highest BCUT2D eigenvalue weighted by atomic mass is 16.5. The Kier molecular flexibility index (Phi) is 4.53. The molecule has 98 valence electrons. The number of nitrogens with two attached hydrogens (primary N) is 1. The van der Waals surface area contributed by atoms with E-state index in [1.807, 2.05) is 30.3 Å². The Morgan fingerprint density at radius 2 is 1.58 bits per heavy atom. The van der Waals surface area contributed by atoms with Gasteiger partial charge in [0.15, 0.2) is 0 Å².